The van der Waals surface area contributed by atoms with Gasteiger partial charge in [-0.3, -0.25) is 14.4 Å². The number of hydrogen-bond acceptors (Lipinski definition) is 4. The predicted molar refractivity (Wildman–Crippen MR) is 109 cm³/mol. The first-order valence-corrected chi connectivity index (χ1v) is 9.84. The van der Waals surface area contributed by atoms with Crippen LogP contribution in [0.1, 0.15) is 34.3 Å². The van der Waals surface area contributed by atoms with Crippen LogP contribution in [0.4, 0.5) is 0 Å². The molecule has 0 saturated heterocycles. The quantitative estimate of drug-likeness (QED) is 0.458. The molecule has 0 spiro atoms. The number of carbonyl (C=O) groups is 3. The highest BCUT2D eigenvalue weighted by atomic mass is 79.9. The SMILES string of the molecule is N#CCNC(=O)C(=O)NCc1ccccc1C(=O)NC1(c2ccc(Br)cc2)CC1. The van der Waals surface area contributed by atoms with Gasteiger partial charge in [0.25, 0.3) is 5.91 Å². The van der Waals surface area contributed by atoms with Crippen LogP contribution in [0, 0.1) is 11.3 Å². The number of nitrogens with one attached hydrogen (secondary N) is 3. The van der Waals surface area contributed by atoms with E-state index in [4.69, 9.17) is 5.26 Å². The van der Waals surface area contributed by atoms with Gasteiger partial charge in [-0.2, -0.15) is 5.26 Å². The summed E-state index contributed by atoms with van der Waals surface area (Å²) in [4.78, 5) is 36.3. The van der Waals surface area contributed by atoms with Gasteiger partial charge in [0.15, 0.2) is 0 Å². The molecule has 3 N–H and O–H groups in total. The summed E-state index contributed by atoms with van der Waals surface area (Å²) in [6.07, 6.45) is 1.72. The zero-order chi connectivity index (χ0) is 20.9. The van der Waals surface area contributed by atoms with Gasteiger partial charge in [0.05, 0.1) is 11.6 Å². The maximum atomic E-state index is 12.9. The summed E-state index contributed by atoms with van der Waals surface area (Å²) in [5, 5.41) is 16.2. The van der Waals surface area contributed by atoms with Crippen molar-refractivity contribution >= 4 is 33.7 Å². The number of carbonyl (C=O) groups excluding carboxylic acids is 3. The molecule has 1 fully saturated rings. The van der Waals surface area contributed by atoms with Crippen molar-refractivity contribution in [3.63, 3.8) is 0 Å². The second kappa shape index (κ2) is 8.88. The van der Waals surface area contributed by atoms with Crippen molar-refractivity contribution in [1.29, 1.82) is 5.26 Å². The van der Waals surface area contributed by atoms with Gasteiger partial charge in [-0.15, -0.1) is 0 Å². The van der Waals surface area contributed by atoms with Gasteiger partial charge in [-0.25, -0.2) is 0 Å². The molecule has 0 aliphatic heterocycles. The van der Waals surface area contributed by atoms with Crippen molar-refractivity contribution in [2.24, 2.45) is 0 Å². The number of hydrogen-bond donors (Lipinski definition) is 3. The van der Waals surface area contributed by atoms with Crippen LogP contribution in [-0.2, 0) is 21.7 Å². The Morgan fingerprint density at radius 3 is 2.31 bits per heavy atom. The Labute approximate surface area is 176 Å². The third-order valence-corrected chi connectivity index (χ3v) is 5.26. The van der Waals surface area contributed by atoms with Crippen molar-refractivity contribution < 1.29 is 14.4 Å². The average Bonchev–Trinajstić information content (AvgIpc) is 3.51. The fourth-order valence-corrected chi connectivity index (χ4v) is 3.28. The van der Waals surface area contributed by atoms with E-state index in [2.05, 4.69) is 31.9 Å². The molecular formula is C21H19BrN4O3. The lowest BCUT2D eigenvalue weighted by molar-refractivity contribution is -0.139. The van der Waals surface area contributed by atoms with Crippen molar-refractivity contribution in [3.05, 3.63) is 69.7 Å². The van der Waals surface area contributed by atoms with Crippen LogP contribution in [0.25, 0.3) is 0 Å². The average molecular weight is 455 g/mol. The van der Waals surface area contributed by atoms with E-state index < -0.39 is 11.8 Å². The number of nitrogens with zero attached hydrogens (tertiary/aromatic N) is 1. The monoisotopic (exact) mass is 454 g/mol. The van der Waals surface area contributed by atoms with Crippen LogP contribution in [-0.4, -0.2) is 24.3 Å². The second-order valence-corrected chi connectivity index (χ2v) is 7.64. The minimum Gasteiger partial charge on any atom is -0.344 e. The van der Waals surface area contributed by atoms with E-state index in [1.54, 1.807) is 30.3 Å². The first-order valence-electron chi connectivity index (χ1n) is 9.04. The van der Waals surface area contributed by atoms with Crippen LogP contribution >= 0.6 is 15.9 Å². The molecule has 1 aliphatic rings. The third kappa shape index (κ3) is 5.00. The van der Waals surface area contributed by atoms with Crippen LogP contribution in [0.5, 0.6) is 0 Å². The van der Waals surface area contributed by atoms with E-state index in [1.807, 2.05) is 24.3 Å². The topological polar surface area (TPSA) is 111 Å². The Morgan fingerprint density at radius 2 is 1.66 bits per heavy atom. The summed E-state index contributed by atoms with van der Waals surface area (Å²) in [7, 11) is 0. The van der Waals surface area contributed by atoms with E-state index in [0.717, 1.165) is 22.9 Å². The van der Waals surface area contributed by atoms with Gasteiger partial charge < -0.3 is 16.0 Å². The van der Waals surface area contributed by atoms with Crippen LogP contribution in [0.3, 0.4) is 0 Å². The number of benzene rings is 2. The summed E-state index contributed by atoms with van der Waals surface area (Å²) in [6.45, 7) is -0.225. The number of amides is 3. The summed E-state index contributed by atoms with van der Waals surface area (Å²) in [5.41, 5.74) is 1.71. The molecule has 2 aromatic rings. The van der Waals surface area contributed by atoms with Crippen molar-refractivity contribution in [1.82, 2.24) is 16.0 Å². The maximum absolute atomic E-state index is 12.9. The molecule has 0 radical (unpaired) electrons. The number of nitriles is 1. The first kappa shape index (κ1) is 20.6. The molecular weight excluding hydrogens is 436 g/mol. The van der Waals surface area contributed by atoms with Gasteiger partial charge in [0.2, 0.25) is 0 Å². The molecule has 29 heavy (non-hydrogen) atoms. The van der Waals surface area contributed by atoms with Crippen LogP contribution in [0.2, 0.25) is 0 Å². The highest BCUT2D eigenvalue weighted by molar-refractivity contribution is 9.10. The summed E-state index contributed by atoms with van der Waals surface area (Å²) < 4.78 is 0.975. The lowest BCUT2D eigenvalue weighted by Gasteiger charge is -2.19. The molecule has 3 rings (SSSR count). The molecule has 0 bridgehead atoms. The van der Waals surface area contributed by atoms with E-state index in [0.29, 0.717) is 11.1 Å². The Bertz CT molecular complexity index is 978. The normalized spacial score (nSPS) is 13.7. The lowest BCUT2D eigenvalue weighted by atomic mass is 10.0. The molecule has 2 aromatic carbocycles. The molecule has 0 aromatic heterocycles. The van der Waals surface area contributed by atoms with Gasteiger partial charge in [-0.1, -0.05) is 46.3 Å². The fourth-order valence-electron chi connectivity index (χ4n) is 3.02. The highest BCUT2D eigenvalue weighted by Crippen LogP contribution is 2.45. The van der Waals surface area contributed by atoms with E-state index in [-0.39, 0.29) is 24.5 Å². The van der Waals surface area contributed by atoms with E-state index in [1.165, 1.54) is 0 Å². The molecule has 7 nitrogen and oxygen atoms in total. The Morgan fingerprint density at radius 1 is 1.00 bits per heavy atom. The standard InChI is InChI=1S/C21H19BrN4O3/c22-16-7-5-15(6-8-16)21(9-10-21)26-18(27)17-4-2-1-3-14(17)13-25-20(29)19(28)24-12-11-23/h1-8H,9-10,12-13H2,(H,24,28)(H,25,29)(H,26,27). The van der Waals surface area contributed by atoms with Gasteiger partial charge in [0.1, 0.15) is 6.54 Å². The Balaban J connectivity index is 1.68. The van der Waals surface area contributed by atoms with E-state index >= 15 is 0 Å². The molecule has 0 unspecified atom stereocenters. The number of rotatable bonds is 6. The van der Waals surface area contributed by atoms with Crippen LogP contribution in [0.15, 0.2) is 53.0 Å². The zero-order valence-electron chi connectivity index (χ0n) is 15.5. The third-order valence-electron chi connectivity index (χ3n) is 4.74. The van der Waals surface area contributed by atoms with E-state index in [9.17, 15) is 14.4 Å². The minimum atomic E-state index is -0.888. The molecule has 148 valence electrons. The molecule has 1 aliphatic carbocycles. The summed E-state index contributed by atoms with van der Waals surface area (Å²) >= 11 is 3.42. The predicted octanol–water partition coefficient (Wildman–Crippen LogP) is 2.12. The number of halogens is 1. The molecule has 3 amide bonds. The van der Waals surface area contributed by atoms with Gasteiger partial charge in [0, 0.05) is 16.6 Å². The Kier molecular flexibility index (Phi) is 6.29. The first-order chi connectivity index (χ1) is 13.9. The molecule has 8 heteroatoms. The highest BCUT2D eigenvalue weighted by Gasteiger charge is 2.45. The smallest absolute Gasteiger partial charge is 0.310 e. The zero-order valence-corrected chi connectivity index (χ0v) is 17.1. The van der Waals surface area contributed by atoms with Crippen LogP contribution < -0.4 is 16.0 Å². The van der Waals surface area contributed by atoms with Gasteiger partial charge >= 0.3 is 11.8 Å². The Hall–Kier alpha value is -3.18. The summed E-state index contributed by atoms with van der Waals surface area (Å²) in [6, 6.07) is 16.5. The largest absolute Gasteiger partial charge is 0.344 e. The van der Waals surface area contributed by atoms with Crippen molar-refractivity contribution in [2.75, 3.05) is 6.54 Å². The summed E-state index contributed by atoms with van der Waals surface area (Å²) in [5.74, 6) is -1.98. The van der Waals surface area contributed by atoms with Crippen molar-refractivity contribution in [3.8, 4) is 6.07 Å². The van der Waals surface area contributed by atoms with Gasteiger partial charge in [-0.05, 0) is 42.2 Å². The maximum Gasteiger partial charge on any atom is 0.310 e. The fraction of sp³-hybridized carbons (Fsp3) is 0.238. The molecule has 1 saturated carbocycles. The molecule has 0 heterocycles. The second-order valence-electron chi connectivity index (χ2n) is 6.72. The minimum absolute atomic E-state index is 0.0215. The van der Waals surface area contributed by atoms with Crippen molar-refractivity contribution in [2.45, 2.75) is 24.9 Å². The lowest BCUT2D eigenvalue weighted by Crippen LogP contribution is -2.40. The molecule has 0 atom stereocenters.